The van der Waals surface area contributed by atoms with E-state index in [4.69, 9.17) is 5.26 Å². The number of hydrogen-bond donors (Lipinski definition) is 1. The fourth-order valence-corrected chi connectivity index (χ4v) is 3.16. The lowest BCUT2D eigenvalue weighted by atomic mass is 10.00. The summed E-state index contributed by atoms with van der Waals surface area (Å²) in [4.78, 5) is 2.54. The number of nitrogens with one attached hydrogen (secondary N) is 1. The van der Waals surface area contributed by atoms with Gasteiger partial charge in [0.05, 0.1) is 11.6 Å². The van der Waals surface area contributed by atoms with Crippen LogP contribution in [0.5, 0.6) is 0 Å². The first kappa shape index (κ1) is 15.7. The van der Waals surface area contributed by atoms with Crippen LogP contribution in [0.4, 0.5) is 0 Å². The molecule has 1 aliphatic rings. The summed E-state index contributed by atoms with van der Waals surface area (Å²) in [6.07, 6.45) is 2.32. The summed E-state index contributed by atoms with van der Waals surface area (Å²) in [6, 6.07) is 18.8. The van der Waals surface area contributed by atoms with Crippen molar-refractivity contribution in [2.24, 2.45) is 0 Å². The molecule has 23 heavy (non-hydrogen) atoms. The Morgan fingerprint density at radius 1 is 1.09 bits per heavy atom. The highest BCUT2D eigenvalue weighted by molar-refractivity contribution is 5.32. The number of benzene rings is 2. The molecule has 0 fully saturated rings. The number of hydrogen-bond acceptors (Lipinski definition) is 3. The number of rotatable bonds is 6. The third-order valence-electron chi connectivity index (χ3n) is 4.42. The number of nitriles is 1. The zero-order valence-electron chi connectivity index (χ0n) is 13.5. The predicted molar refractivity (Wildman–Crippen MR) is 92.9 cm³/mol. The van der Waals surface area contributed by atoms with E-state index in [0.29, 0.717) is 0 Å². The monoisotopic (exact) mass is 305 g/mol. The van der Waals surface area contributed by atoms with E-state index in [2.05, 4.69) is 46.6 Å². The third-order valence-corrected chi connectivity index (χ3v) is 4.42. The largest absolute Gasteiger partial charge is 0.313 e. The molecule has 3 heteroatoms. The molecule has 0 radical (unpaired) electrons. The Morgan fingerprint density at radius 2 is 1.96 bits per heavy atom. The van der Waals surface area contributed by atoms with Gasteiger partial charge in [0.25, 0.3) is 0 Å². The van der Waals surface area contributed by atoms with Crippen LogP contribution in [0.15, 0.2) is 48.5 Å². The van der Waals surface area contributed by atoms with Gasteiger partial charge in [0.15, 0.2) is 0 Å². The van der Waals surface area contributed by atoms with E-state index in [9.17, 15) is 0 Å². The summed E-state index contributed by atoms with van der Waals surface area (Å²) in [6.45, 7) is 5.23. The van der Waals surface area contributed by atoms with Crippen molar-refractivity contribution in [2.75, 3.05) is 19.6 Å². The fourth-order valence-electron chi connectivity index (χ4n) is 3.16. The van der Waals surface area contributed by atoms with Crippen LogP contribution < -0.4 is 5.32 Å². The van der Waals surface area contributed by atoms with Gasteiger partial charge in [-0.25, -0.2) is 0 Å². The molecule has 0 unspecified atom stereocenters. The minimum absolute atomic E-state index is 0.733. The number of nitrogens with zero attached hydrogens (tertiary/aromatic N) is 2. The molecule has 3 nitrogen and oxygen atoms in total. The lowest BCUT2D eigenvalue weighted by Gasteiger charge is -2.28. The van der Waals surface area contributed by atoms with E-state index in [1.807, 2.05) is 18.2 Å². The molecular formula is C20H23N3. The second kappa shape index (κ2) is 7.92. The first-order valence-corrected chi connectivity index (χ1v) is 8.34. The topological polar surface area (TPSA) is 39.1 Å². The van der Waals surface area contributed by atoms with Gasteiger partial charge >= 0.3 is 0 Å². The van der Waals surface area contributed by atoms with Crippen LogP contribution in [-0.4, -0.2) is 24.5 Å². The average Bonchev–Trinajstić information content (AvgIpc) is 2.61. The average molecular weight is 305 g/mol. The van der Waals surface area contributed by atoms with Crippen LogP contribution in [-0.2, 0) is 19.5 Å². The van der Waals surface area contributed by atoms with Gasteiger partial charge < -0.3 is 5.32 Å². The molecule has 1 N–H and O–H groups in total. The molecule has 0 saturated heterocycles. The molecule has 1 heterocycles. The van der Waals surface area contributed by atoms with Gasteiger partial charge in [0.1, 0.15) is 0 Å². The molecule has 0 aliphatic carbocycles. The van der Waals surface area contributed by atoms with Crippen LogP contribution in [0.25, 0.3) is 0 Å². The smallest absolute Gasteiger partial charge is 0.0991 e. The van der Waals surface area contributed by atoms with E-state index in [1.54, 1.807) is 0 Å². The summed E-state index contributed by atoms with van der Waals surface area (Å²) in [7, 11) is 0. The number of fused-ring (bicyclic) bond motifs is 1. The van der Waals surface area contributed by atoms with Gasteiger partial charge in [-0.3, -0.25) is 4.90 Å². The van der Waals surface area contributed by atoms with Gasteiger partial charge in [-0.15, -0.1) is 0 Å². The van der Waals surface area contributed by atoms with Crippen LogP contribution in [0.2, 0.25) is 0 Å². The summed E-state index contributed by atoms with van der Waals surface area (Å²) in [5, 5.41) is 12.4. The molecule has 0 bridgehead atoms. The Morgan fingerprint density at radius 3 is 2.83 bits per heavy atom. The third kappa shape index (κ3) is 4.41. The van der Waals surface area contributed by atoms with Crippen molar-refractivity contribution in [3.63, 3.8) is 0 Å². The standard InChI is InChI=1S/C20H23N3/c21-14-17-5-3-6-18(13-17)15-22-10-4-11-23-12-9-19-7-1-2-8-20(19)16-23/h1-3,5-8,13,22H,4,9-12,15-16H2. The van der Waals surface area contributed by atoms with E-state index in [1.165, 1.54) is 29.7 Å². The maximum atomic E-state index is 8.91. The van der Waals surface area contributed by atoms with Crippen molar-refractivity contribution < 1.29 is 0 Å². The first-order chi connectivity index (χ1) is 11.3. The summed E-state index contributed by atoms with van der Waals surface area (Å²) in [5.41, 5.74) is 4.91. The zero-order chi connectivity index (χ0) is 15.9. The SMILES string of the molecule is N#Cc1cccc(CNCCCN2CCc3ccccc3C2)c1. The molecule has 0 saturated carbocycles. The summed E-state index contributed by atoms with van der Waals surface area (Å²) < 4.78 is 0. The highest BCUT2D eigenvalue weighted by Gasteiger charge is 2.14. The molecule has 0 atom stereocenters. The van der Waals surface area contributed by atoms with E-state index >= 15 is 0 Å². The molecule has 1 aliphatic heterocycles. The Kier molecular flexibility index (Phi) is 5.42. The lowest BCUT2D eigenvalue weighted by molar-refractivity contribution is 0.250. The summed E-state index contributed by atoms with van der Waals surface area (Å²) in [5.74, 6) is 0. The first-order valence-electron chi connectivity index (χ1n) is 8.34. The molecule has 0 spiro atoms. The van der Waals surface area contributed by atoms with Crippen LogP contribution in [0.1, 0.15) is 28.7 Å². The van der Waals surface area contributed by atoms with Crippen molar-refractivity contribution >= 4 is 0 Å². The van der Waals surface area contributed by atoms with Gasteiger partial charge in [-0.05, 0) is 54.8 Å². The maximum absolute atomic E-state index is 8.91. The second-order valence-electron chi connectivity index (χ2n) is 6.14. The molecule has 3 rings (SSSR count). The van der Waals surface area contributed by atoms with Crippen molar-refractivity contribution in [3.8, 4) is 6.07 Å². The minimum atomic E-state index is 0.733. The molecular weight excluding hydrogens is 282 g/mol. The minimum Gasteiger partial charge on any atom is -0.313 e. The van der Waals surface area contributed by atoms with Crippen molar-refractivity contribution in [3.05, 3.63) is 70.8 Å². The summed E-state index contributed by atoms with van der Waals surface area (Å²) >= 11 is 0. The van der Waals surface area contributed by atoms with E-state index in [0.717, 1.165) is 38.2 Å². The maximum Gasteiger partial charge on any atom is 0.0991 e. The predicted octanol–water partition coefficient (Wildman–Crippen LogP) is 3.10. The Labute approximate surface area is 138 Å². The molecule has 118 valence electrons. The quantitative estimate of drug-likeness (QED) is 0.834. The normalized spacial score (nSPS) is 14.2. The van der Waals surface area contributed by atoms with Gasteiger partial charge in [0.2, 0.25) is 0 Å². The molecule has 0 aromatic heterocycles. The molecule has 2 aromatic carbocycles. The molecule has 0 amide bonds. The zero-order valence-corrected chi connectivity index (χ0v) is 13.5. The van der Waals surface area contributed by atoms with E-state index < -0.39 is 0 Å². The van der Waals surface area contributed by atoms with E-state index in [-0.39, 0.29) is 0 Å². The molecule has 2 aromatic rings. The Hall–Kier alpha value is -2.15. The van der Waals surface area contributed by atoms with Crippen LogP contribution in [0.3, 0.4) is 0 Å². The van der Waals surface area contributed by atoms with Crippen molar-refractivity contribution in [1.82, 2.24) is 10.2 Å². The highest BCUT2D eigenvalue weighted by Crippen LogP contribution is 2.18. The van der Waals surface area contributed by atoms with Gasteiger partial charge in [-0.2, -0.15) is 5.26 Å². The Bertz CT molecular complexity index is 687. The van der Waals surface area contributed by atoms with Gasteiger partial charge in [0, 0.05) is 19.6 Å². The van der Waals surface area contributed by atoms with Gasteiger partial charge in [-0.1, -0.05) is 36.4 Å². The van der Waals surface area contributed by atoms with Crippen molar-refractivity contribution in [1.29, 1.82) is 5.26 Å². The van der Waals surface area contributed by atoms with Crippen molar-refractivity contribution in [2.45, 2.75) is 25.9 Å². The highest BCUT2D eigenvalue weighted by atomic mass is 15.1. The van der Waals surface area contributed by atoms with Crippen LogP contribution >= 0.6 is 0 Å². The second-order valence-corrected chi connectivity index (χ2v) is 6.14. The Balaban J connectivity index is 1.37. The fraction of sp³-hybridized carbons (Fsp3) is 0.350. The van der Waals surface area contributed by atoms with Crippen LogP contribution in [0, 0.1) is 11.3 Å². The lowest BCUT2D eigenvalue weighted by Crippen LogP contribution is -2.32.